The Morgan fingerprint density at radius 1 is 0.447 bits per heavy atom. The van der Waals surface area contributed by atoms with E-state index in [0.29, 0.717) is 0 Å². The fraction of sp³-hybridized carbons (Fsp3) is 0.286. The first-order chi connectivity index (χ1) is 36.3. The van der Waals surface area contributed by atoms with Crippen LogP contribution in [-0.2, 0) is 27.1 Å². The van der Waals surface area contributed by atoms with Crippen LogP contribution in [0.1, 0.15) is 130 Å². The van der Waals surface area contributed by atoms with E-state index in [1.54, 1.807) is 0 Å². The first-order valence-corrected chi connectivity index (χ1v) is 27.8. The number of hydrogen-bond acceptors (Lipinski definition) is 5. The second-order valence-corrected chi connectivity index (χ2v) is 26.3. The minimum absolute atomic E-state index is 0.00347. The number of nitrogens with zero attached hydrogens (tertiary/aromatic N) is 3. The molecule has 10 aromatic rings. The van der Waals surface area contributed by atoms with Gasteiger partial charge in [-0.25, -0.2) is 0 Å². The summed E-state index contributed by atoms with van der Waals surface area (Å²) in [5.74, 6) is 0. The molecule has 378 valence electrons. The van der Waals surface area contributed by atoms with Gasteiger partial charge in [0.15, 0.2) is 5.58 Å². The first-order valence-electron chi connectivity index (χ1n) is 27.8. The molecule has 14 rings (SSSR count). The van der Waals surface area contributed by atoms with Crippen LogP contribution < -0.4 is 31.3 Å². The van der Waals surface area contributed by atoms with Crippen LogP contribution in [-0.4, -0.2) is 6.71 Å². The Balaban J connectivity index is 1.16. The highest BCUT2D eigenvalue weighted by Gasteiger charge is 2.49. The summed E-state index contributed by atoms with van der Waals surface area (Å²) in [4.78, 5) is 7.58. The number of fused-ring (bicyclic) bond motifs is 11. The fourth-order valence-corrected chi connectivity index (χ4v) is 13.9. The summed E-state index contributed by atoms with van der Waals surface area (Å²) in [6, 6.07) is 61.5. The maximum Gasteiger partial charge on any atom is 0.297 e. The van der Waals surface area contributed by atoms with E-state index in [9.17, 15) is 0 Å². The lowest BCUT2D eigenvalue weighted by Gasteiger charge is -2.45. The summed E-state index contributed by atoms with van der Waals surface area (Å²) in [5, 5.41) is 3.37. The van der Waals surface area contributed by atoms with Gasteiger partial charge >= 0.3 is 0 Å². The lowest BCUT2D eigenvalue weighted by molar-refractivity contribution is 0.332. The summed E-state index contributed by atoms with van der Waals surface area (Å²) in [6.07, 6.45) is 4.53. The highest BCUT2D eigenvalue weighted by Crippen LogP contribution is 2.55. The fourth-order valence-electron chi connectivity index (χ4n) is 13.9. The Labute approximate surface area is 449 Å². The summed E-state index contributed by atoms with van der Waals surface area (Å²) in [7, 11) is 0. The summed E-state index contributed by atoms with van der Waals surface area (Å²) in [6.45, 7) is 26.3. The van der Waals surface area contributed by atoms with Gasteiger partial charge in [-0.05, 0) is 170 Å². The molecule has 76 heavy (non-hydrogen) atoms. The smallest absolute Gasteiger partial charge is 0.297 e. The molecule has 8 aromatic carbocycles. The van der Waals surface area contributed by atoms with E-state index in [2.05, 4.69) is 255 Å². The quantitative estimate of drug-likeness (QED) is 0.161. The molecule has 5 nitrogen and oxygen atoms in total. The van der Waals surface area contributed by atoms with Crippen molar-refractivity contribution < 1.29 is 8.83 Å². The molecule has 2 aliphatic heterocycles. The lowest BCUT2D eigenvalue weighted by atomic mass is 9.35. The Morgan fingerprint density at radius 2 is 1.03 bits per heavy atom. The van der Waals surface area contributed by atoms with Crippen LogP contribution in [0.4, 0.5) is 51.2 Å². The SMILES string of the molecule is CC(C)(C)c1ccc2c(c1)B1c3oc4cc5c(cc4c3N(c3ccc4c(c3)C(C)(C)CCC4(C)C)c3cc(N(c4ccccc4)c4ccccc4)cc(c31)N2c1cccc2c1oc1ccccc12)C(C)(C)CCC5(C)C. The van der Waals surface area contributed by atoms with Crippen LogP contribution in [0.5, 0.6) is 0 Å². The molecule has 0 atom stereocenters. The van der Waals surface area contributed by atoms with Crippen LogP contribution in [0.3, 0.4) is 0 Å². The van der Waals surface area contributed by atoms with Crippen molar-refractivity contribution in [1.82, 2.24) is 0 Å². The Hall–Kier alpha value is -7.44. The van der Waals surface area contributed by atoms with E-state index in [4.69, 9.17) is 8.83 Å². The molecule has 0 spiro atoms. The second-order valence-electron chi connectivity index (χ2n) is 26.3. The standard InChI is InChI=1S/C70H68BN3O2/c1-66(2,3)43-29-32-56-55(37-43)71-62-58(39-47(72(44-21-14-12-15-22-44)45-23-16-13-17-24-45)40-59(62)74(56)57-27-20-26-49-48-25-18-19-28-60(48)75-64(49)57)73(46-30-31-51-52(38-46)68(6,7)34-33-67(51,4)5)63-50-41-53-54(42-61(50)76-65(63)71)70(10,11)36-35-69(53,8)9/h12-32,37-42H,33-36H2,1-11H3. The van der Waals surface area contributed by atoms with Crippen LogP contribution in [0.2, 0.25) is 0 Å². The minimum Gasteiger partial charge on any atom is -0.468 e. The zero-order chi connectivity index (χ0) is 52.4. The zero-order valence-electron chi connectivity index (χ0n) is 46.2. The molecule has 4 heterocycles. The van der Waals surface area contributed by atoms with Crippen molar-refractivity contribution in [2.24, 2.45) is 0 Å². The molecule has 0 unspecified atom stereocenters. The third-order valence-electron chi connectivity index (χ3n) is 18.5. The number of benzene rings is 8. The Kier molecular flexibility index (Phi) is 9.94. The number of hydrogen-bond donors (Lipinski definition) is 0. The van der Waals surface area contributed by atoms with E-state index in [1.807, 2.05) is 0 Å². The van der Waals surface area contributed by atoms with Crippen molar-refractivity contribution in [3.05, 3.63) is 192 Å². The third kappa shape index (κ3) is 6.91. The summed E-state index contributed by atoms with van der Waals surface area (Å²) in [5.41, 5.74) is 22.9. The maximum atomic E-state index is 7.77. The first kappa shape index (κ1) is 47.0. The van der Waals surface area contributed by atoms with E-state index >= 15 is 0 Å². The van der Waals surface area contributed by atoms with Crippen molar-refractivity contribution in [3.63, 3.8) is 0 Å². The number of anilines is 9. The molecule has 2 aromatic heterocycles. The van der Waals surface area contributed by atoms with Gasteiger partial charge in [-0.2, -0.15) is 0 Å². The van der Waals surface area contributed by atoms with Crippen molar-refractivity contribution in [2.75, 3.05) is 14.7 Å². The molecule has 0 saturated carbocycles. The van der Waals surface area contributed by atoms with Gasteiger partial charge in [-0.3, -0.25) is 0 Å². The minimum atomic E-state index is -0.242. The molecule has 2 aliphatic carbocycles. The van der Waals surface area contributed by atoms with Gasteiger partial charge in [0, 0.05) is 50.3 Å². The topological polar surface area (TPSA) is 36.0 Å². The molecule has 0 fully saturated rings. The molecule has 6 heteroatoms. The average Bonchev–Trinajstić information content (AvgIpc) is 4.16. The second kappa shape index (κ2) is 16.1. The van der Waals surface area contributed by atoms with E-state index in [0.717, 1.165) is 110 Å². The van der Waals surface area contributed by atoms with Gasteiger partial charge < -0.3 is 23.5 Å². The number of furan rings is 2. The Bertz CT molecular complexity index is 3980. The van der Waals surface area contributed by atoms with Gasteiger partial charge in [0.1, 0.15) is 11.2 Å². The van der Waals surface area contributed by atoms with Crippen LogP contribution in [0.15, 0.2) is 173 Å². The molecule has 0 saturated heterocycles. The molecular weight excluding hydrogens is 926 g/mol. The van der Waals surface area contributed by atoms with Gasteiger partial charge in [0.25, 0.3) is 6.71 Å². The molecular formula is C70H68BN3O2. The number of rotatable bonds is 5. The third-order valence-corrected chi connectivity index (χ3v) is 18.5. The lowest BCUT2D eigenvalue weighted by Crippen LogP contribution is -2.61. The molecule has 0 radical (unpaired) electrons. The van der Waals surface area contributed by atoms with Gasteiger partial charge in [0.05, 0.1) is 22.7 Å². The van der Waals surface area contributed by atoms with E-state index < -0.39 is 0 Å². The van der Waals surface area contributed by atoms with Gasteiger partial charge in [-0.1, -0.05) is 161 Å². The van der Waals surface area contributed by atoms with Crippen LogP contribution >= 0.6 is 0 Å². The molecule has 0 amide bonds. The normalized spacial score (nSPS) is 17.5. The summed E-state index contributed by atoms with van der Waals surface area (Å²) < 4.78 is 14.8. The van der Waals surface area contributed by atoms with Crippen molar-refractivity contribution in [1.29, 1.82) is 0 Å². The Morgan fingerprint density at radius 3 is 1.68 bits per heavy atom. The van der Waals surface area contributed by atoms with E-state index in [1.165, 1.54) is 44.1 Å². The summed E-state index contributed by atoms with van der Waals surface area (Å²) >= 11 is 0. The van der Waals surface area contributed by atoms with Crippen molar-refractivity contribution in [2.45, 2.75) is 129 Å². The highest BCUT2D eigenvalue weighted by atomic mass is 16.3. The predicted octanol–water partition coefficient (Wildman–Crippen LogP) is 17.9. The number of para-hydroxylation sites is 4. The highest BCUT2D eigenvalue weighted by molar-refractivity contribution is 7.00. The average molecular weight is 994 g/mol. The molecule has 0 bridgehead atoms. The predicted molar refractivity (Wildman–Crippen MR) is 321 cm³/mol. The van der Waals surface area contributed by atoms with Crippen molar-refractivity contribution in [3.8, 4) is 0 Å². The molecule has 4 aliphatic rings. The van der Waals surface area contributed by atoms with Gasteiger partial charge in [0.2, 0.25) is 0 Å². The zero-order valence-corrected chi connectivity index (χ0v) is 46.2. The maximum absolute atomic E-state index is 7.77. The van der Waals surface area contributed by atoms with Crippen LogP contribution in [0.25, 0.3) is 32.9 Å². The van der Waals surface area contributed by atoms with E-state index in [-0.39, 0.29) is 33.8 Å². The largest absolute Gasteiger partial charge is 0.468 e. The van der Waals surface area contributed by atoms with Gasteiger partial charge in [-0.15, -0.1) is 0 Å². The molecule has 0 N–H and O–H groups in total. The monoisotopic (exact) mass is 994 g/mol. The van der Waals surface area contributed by atoms with Crippen LogP contribution in [0, 0.1) is 0 Å². The van der Waals surface area contributed by atoms with Crippen molar-refractivity contribution >= 4 is 107 Å².